The monoisotopic (exact) mass is 355 g/mol. The minimum Gasteiger partial charge on any atom is -0.483 e. The summed E-state index contributed by atoms with van der Waals surface area (Å²) in [7, 11) is 1.32. The number of ether oxygens (including phenoxy) is 2. The molecule has 5 nitrogen and oxygen atoms in total. The van der Waals surface area contributed by atoms with Gasteiger partial charge in [-0.3, -0.25) is 4.79 Å². The Morgan fingerprint density at radius 3 is 2.58 bits per heavy atom. The van der Waals surface area contributed by atoms with Crippen LogP contribution in [0.4, 0.5) is 5.69 Å². The van der Waals surface area contributed by atoms with E-state index in [-0.39, 0.29) is 12.5 Å². The number of carbonyl (C=O) groups excluding carboxylic acids is 2. The van der Waals surface area contributed by atoms with E-state index < -0.39 is 5.97 Å². The molecule has 1 amide bonds. The summed E-state index contributed by atoms with van der Waals surface area (Å²) >= 11 is 0. The number of para-hydroxylation sites is 1. The molecule has 2 aromatic carbocycles. The first kappa shape index (κ1) is 19.5. The minimum absolute atomic E-state index is 0.102. The summed E-state index contributed by atoms with van der Waals surface area (Å²) in [6.07, 6.45) is 0.992. The number of hydrogen-bond acceptors (Lipinski definition) is 4. The number of carbonyl (C=O) groups is 2. The van der Waals surface area contributed by atoms with Crippen LogP contribution in [-0.2, 0) is 9.53 Å². The molecule has 0 aliphatic rings. The largest absolute Gasteiger partial charge is 0.483 e. The van der Waals surface area contributed by atoms with Gasteiger partial charge in [0.05, 0.1) is 12.7 Å². The van der Waals surface area contributed by atoms with E-state index in [9.17, 15) is 9.59 Å². The van der Waals surface area contributed by atoms with Crippen LogP contribution in [0.2, 0.25) is 0 Å². The van der Waals surface area contributed by atoms with Crippen molar-refractivity contribution in [3.8, 4) is 5.75 Å². The Morgan fingerprint density at radius 1 is 1.15 bits per heavy atom. The van der Waals surface area contributed by atoms with Crippen LogP contribution in [0.5, 0.6) is 5.75 Å². The van der Waals surface area contributed by atoms with E-state index in [1.165, 1.54) is 7.11 Å². The first-order chi connectivity index (χ1) is 12.5. The summed E-state index contributed by atoms with van der Waals surface area (Å²) in [5.74, 6) is 0.346. The molecule has 26 heavy (non-hydrogen) atoms. The number of amides is 1. The lowest BCUT2D eigenvalue weighted by Crippen LogP contribution is -2.21. The number of esters is 1. The van der Waals surface area contributed by atoms with Crippen molar-refractivity contribution in [3.05, 3.63) is 59.2 Å². The molecule has 2 rings (SSSR count). The van der Waals surface area contributed by atoms with Gasteiger partial charge in [-0.2, -0.15) is 0 Å². The SMILES string of the molecule is CCC(C)c1ccccc1OCC(=O)Nc1cc(C(=O)OC)ccc1C. The fourth-order valence-electron chi connectivity index (χ4n) is 2.57. The molecule has 0 aliphatic heterocycles. The highest BCUT2D eigenvalue weighted by Crippen LogP contribution is 2.28. The van der Waals surface area contributed by atoms with Crippen LogP contribution >= 0.6 is 0 Å². The number of hydrogen-bond donors (Lipinski definition) is 1. The van der Waals surface area contributed by atoms with Crippen molar-refractivity contribution in [2.24, 2.45) is 0 Å². The second-order valence-electron chi connectivity index (χ2n) is 6.21. The zero-order chi connectivity index (χ0) is 19.1. The molecule has 0 saturated carbocycles. The van der Waals surface area contributed by atoms with E-state index in [1.54, 1.807) is 18.2 Å². The zero-order valence-electron chi connectivity index (χ0n) is 15.7. The molecule has 2 aromatic rings. The van der Waals surface area contributed by atoms with Gasteiger partial charge >= 0.3 is 5.97 Å². The molecule has 0 aliphatic carbocycles. The summed E-state index contributed by atoms with van der Waals surface area (Å²) in [5.41, 5.74) is 2.89. The van der Waals surface area contributed by atoms with E-state index in [4.69, 9.17) is 9.47 Å². The fraction of sp³-hybridized carbons (Fsp3) is 0.333. The van der Waals surface area contributed by atoms with Crippen LogP contribution in [0.1, 0.15) is 47.7 Å². The molecule has 138 valence electrons. The van der Waals surface area contributed by atoms with Gasteiger partial charge in [-0.25, -0.2) is 4.79 Å². The van der Waals surface area contributed by atoms with Gasteiger partial charge in [0.15, 0.2) is 6.61 Å². The zero-order valence-corrected chi connectivity index (χ0v) is 15.7. The number of aryl methyl sites for hydroxylation is 1. The topological polar surface area (TPSA) is 64.6 Å². The first-order valence-electron chi connectivity index (χ1n) is 8.66. The molecule has 1 unspecified atom stereocenters. The fourth-order valence-corrected chi connectivity index (χ4v) is 2.57. The van der Waals surface area contributed by atoms with E-state index in [0.29, 0.717) is 17.2 Å². The average molecular weight is 355 g/mol. The molecule has 5 heteroatoms. The van der Waals surface area contributed by atoms with Gasteiger partial charge in [-0.05, 0) is 48.6 Å². The maximum absolute atomic E-state index is 12.3. The molecule has 0 aromatic heterocycles. The number of anilines is 1. The quantitative estimate of drug-likeness (QED) is 0.752. The molecule has 0 bridgehead atoms. The van der Waals surface area contributed by atoms with Crippen LogP contribution in [-0.4, -0.2) is 25.6 Å². The van der Waals surface area contributed by atoms with Gasteiger partial charge in [0.25, 0.3) is 5.91 Å². The molecule has 1 atom stereocenters. The lowest BCUT2D eigenvalue weighted by molar-refractivity contribution is -0.118. The van der Waals surface area contributed by atoms with Crippen molar-refractivity contribution in [1.82, 2.24) is 0 Å². The van der Waals surface area contributed by atoms with Gasteiger partial charge in [0.2, 0.25) is 0 Å². The Kier molecular flexibility index (Phi) is 6.78. The average Bonchev–Trinajstić information content (AvgIpc) is 2.67. The Balaban J connectivity index is 2.05. The van der Waals surface area contributed by atoms with E-state index in [0.717, 1.165) is 23.3 Å². The second kappa shape index (κ2) is 9.04. The van der Waals surface area contributed by atoms with Crippen LogP contribution in [0.25, 0.3) is 0 Å². The normalized spacial score (nSPS) is 11.5. The van der Waals surface area contributed by atoms with E-state index in [1.807, 2.05) is 31.2 Å². The maximum Gasteiger partial charge on any atom is 0.337 e. The first-order valence-corrected chi connectivity index (χ1v) is 8.66. The molecule has 0 saturated heterocycles. The van der Waals surface area contributed by atoms with Gasteiger partial charge in [-0.15, -0.1) is 0 Å². The van der Waals surface area contributed by atoms with Gasteiger partial charge in [0, 0.05) is 5.69 Å². The number of nitrogens with one attached hydrogen (secondary N) is 1. The Labute approximate surface area is 154 Å². The van der Waals surface area contributed by atoms with Crippen LogP contribution in [0.15, 0.2) is 42.5 Å². The van der Waals surface area contributed by atoms with Crippen molar-refractivity contribution < 1.29 is 19.1 Å². The third kappa shape index (κ3) is 4.85. The Bertz CT molecular complexity index is 785. The highest BCUT2D eigenvalue weighted by Gasteiger charge is 2.13. The van der Waals surface area contributed by atoms with Gasteiger partial charge in [-0.1, -0.05) is 38.1 Å². The van der Waals surface area contributed by atoms with E-state index in [2.05, 4.69) is 19.2 Å². The lowest BCUT2D eigenvalue weighted by atomic mass is 9.98. The second-order valence-corrected chi connectivity index (χ2v) is 6.21. The predicted octanol–water partition coefficient (Wildman–Crippen LogP) is 4.31. The number of methoxy groups -OCH3 is 1. The van der Waals surface area contributed by atoms with E-state index >= 15 is 0 Å². The highest BCUT2D eigenvalue weighted by molar-refractivity contribution is 5.95. The standard InChI is InChI=1S/C21H25NO4/c1-5-14(2)17-8-6-7-9-19(17)26-13-20(23)22-18-12-16(21(24)25-4)11-10-15(18)3/h6-12,14H,5,13H2,1-4H3,(H,22,23). The third-order valence-electron chi connectivity index (χ3n) is 4.35. The molecule has 0 fully saturated rings. The number of benzene rings is 2. The van der Waals surface area contributed by atoms with Crippen LogP contribution < -0.4 is 10.1 Å². The van der Waals surface area contributed by atoms with Crippen molar-refractivity contribution in [2.45, 2.75) is 33.1 Å². The van der Waals surface area contributed by atoms with Crippen molar-refractivity contribution in [1.29, 1.82) is 0 Å². The molecule has 0 heterocycles. The summed E-state index contributed by atoms with van der Waals surface area (Å²) in [5, 5.41) is 2.79. The summed E-state index contributed by atoms with van der Waals surface area (Å²) in [6, 6.07) is 12.8. The summed E-state index contributed by atoms with van der Waals surface area (Å²) < 4.78 is 10.4. The number of rotatable bonds is 7. The maximum atomic E-state index is 12.3. The Morgan fingerprint density at radius 2 is 1.88 bits per heavy atom. The summed E-state index contributed by atoms with van der Waals surface area (Å²) in [6.45, 7) is 6.00. The smallest absolute Gasteiger partial charge is 0.337 e. The van der Waals surface area contributed by atoms with Gasteiger partial charge < -0.3 is 14.8 Å². The van der Waals surface area contributed by atoms with Crippen LogP contribution in [0, 0.1) is 6.92 Å². The molecular weight excluding hydrogens is 330 g/mol. The van der Waals surface area contributed by atoms with Crippen molar-refractivity contribution in [2.75, 3.05) is 19.0 Å². The van der Waals surface area contributed by atoms with Crippen LogP contribution in [0.3, 0.4) is 0 Å². The molecule has 0 spiro atoms. The molecular formula is C21H25NO4. The third-order valence-corrected chi connectivity index (χ3v) is 4.35. The Hall–Kier alpha value is -2.82. The molecule has 0 radical (unpaired) electrons. The summed E-state index contributed by atoms with van der Waals surface area (Å²) in [4.78, 5) is 23.9. The highest BCUT2D eigenvalue weighted by atomic mass is 16.5. The van der Waals surface area contributed by atoms with Gasteiger partial charge in [0.1, 0.15) is 5.75 Å². The predicted molar refractivity (Wildman–Crippen MR) is 102 cm³/mol. The van der Waals surface area contributed by atoms with Crippen molar-refractivity contribution >= 4 is 17.6 Å². The lowest BCUT2D eigenvalue weighted by Gasteiger charge is -2.16. The molecule has 1 N–H and O–H groups in total. The minimum atomic E-state index is -0.445. The van der Waals surface area contributed by atoms with Crippen molar-refractivity contribution in [3.63, 3.8) is 0 Å².